The van der Waals surface area contributed by atoms with Crippen LogP contribution >= 0.6 is 0 Å². The number of carboxylic acid groups (broad SMARTS) is 1. The molecule has 0 amide bonds. The second-order valence-electron chi connectivity index (χ2n) is 5.59. The molecule has 2 rings (SSSR count). The fraction of sp³-hybridized carbons (Fsp3) is 0.286. The first kappa shape index (κ1) is 14.7. The zero-order chi connectivity index (χ0) is 15.8. The van der Waals surface area contributed by atoms with E-state index in [0.717, 1.165) is 0 Å². The molecule has 0 radical (unpaired) electrons. The van der Waals surface area contributed by atoms with Gasteiger partial charge in [0.1, 0.15) is 11.3 Å². The van der Waals surface area contributed by atoms with Crippen LogP contribution in [0.15, 0.2) is 30.5 Å². The zero-order valence-electron chi connectivity index (χ0n) is 11.9. The van der Waals surface area contributed by atoms with Gasteiger partial charge in [-0.15, -0.1) is 0 Å². The van der Waals surface area contributed by atoms with Crippen LogP contribution in [0.5, 0.6) is 0 Å². The third-order valence-corrected chi connectivity index (χ3v) is 2.99. The normalized spacial score (nSPS) is 11.4. The third kappa shape index (κ3) is 2.76. The van der Waals surface area contributed by atoms with Crippen LogP contribution < -0.4 is 0 Å². The summed E-state index contributed by atoms with van der Waals surface area (Å²) in [5.74, 6) is -1.17. The molecule has 1 N–H and O–H groups in total. The van der Waals surface area contributed by atoms with Crippen molar-refractivity contribution in [1.82, 2.24) is 9.78 Å². The molecule has 21 heavy (non-hydrogen) atoms. The van der Waals surface area contributed by atoms with Crippen LogP contribution in [-0.2, 0) is 5.54 Å². The molecule has 0 fully saturated rings. The van der Waals surface area contributed by atoms with Gasteiger partial charge in [0.2, 0.25) is 0 Å². The van der Waals surface area contributed by atoms with Crippen molar-refractivity contribution in [2.45, 2.75) is 26.3 Å². The van der Waals surface area contributed by atoms with Gasteiger partial charge in [-0.3, -0.25) is 14.8 Å². The predicted octanol–water partition coefficient (Wildman–Crippen LogP) is 2.91. The second-order valence-corrected chi connectivity index (χ2v) is 5.59. The number of nitrogens with zero attached hydrogens (tertiary/aromatic N) is 3. The number of aromatic carboxylic acids is 1. The maximum Gasteiger partial charge on any atom is 0.339 e. The number of carboxylic acids is 1. The molecule has 1 aromatic carbocycles. The van der Waals surface area contributed by atoms with Gasteiger partial charge in [-0.05, 0) is 26.8 Å². The molecule has 110 valence electrons. The Morgan fingerprint density at radius 1 is 1.33 bits per heavy atom. The van der Waals surface area contributed by atoms with Crippen LogP contribution in [0.3, 0.4) is 0 Å². The first-order chi connectivity index (χ1) is 9.71. The number of nitro groups is 1. The van der Waals surface area contributed by atoms with Gasteiger partial charge in [0.15, 0.2) is 0 Å². The van der Waals surface area contributed by atoms with Crippen molar-refractivity contribution in [3.05, 3.63) is 46.1 Å². The number of rotatable bonds is 3. The predicted molar refractivity (Wildman–Crippen MR) is 76.3 cm³/mol. The van der Waals surface area contributed by atoms with Crippen molar-refractivity contribution in [3.8, 4) is 11.3 Å². The van der Waals surface area contributed by atoms with Gasteiger partial charge in [0.25, 0.3) is 5.69 Å². The molecule has 1 aromatic heterocycles. The molecule has 1 heterocycles. The maximum atomic E-state index is 11.4. The van der Waals surface area contributed by atoms with Crippen molar-refractivity contribution in [3.63, 3.8) is 0 Å². The van der Waals surface area contributed by atoms with Crippen LogP contribution in [0, 0.1) is 10.1 Å². The molecule has 0 unspecified atom stereocenters. The van der Waals surface area contributed by atoms with Crippen LogP contribution in [0.4, 0.5) is 5.69 Å². The van der Waals surface area contributed by atoms with E-state index in [2.05, 4.69) is 5.10 Å². The molecule has 0 saturated heterocycles. The lowest BCUT2D eigenvalue weighted by Gasteiger charge is -2.18. The summed E-state index contributed by atoms with van der Waals surface area (Å²) in [7, 11) is 0. The van der Waals surface area contributed by atoms with E-state index in [1.165, 1.54) is 29.1 Å². The molecule has 0 atom stereocenters. The van der Waals surface area contributed by atoms with E-state index in [0.29, 0.717) is 0 Å². The minimum atomic E-state index is -1.17. The van der Waals surface area contributed by atoms with Crippen LogP contribution in [0.1, 0.15) is 31.1 Å². The molecule has 7 heteroatoms. The Morgan fingerprint density at radius 3 is 2.48 bits per heavy atom. The van der Waals surface area contributed by atoms with E-state index in [4.69, 9.17) is 0 Å². The fourth-order valence-electron chi connectivity index (χ4n) is 1.91. The molecule has 7 nitrogen and oxygen atoms in total. The topological polar surface area (TPSA) is 98.3 Å². The Hall–Kier alpha value is -2.70. The Balaban J connectivity index is 2.72. The molecular weight excluding hydrogens is 274 g/mol. The summed E-state index contributed by atoms with van der Waals surface area (Å²) < 4.78 is 1.50. The molecule has 0 bridgehead atoms. The molecule has 0 saturated carbocycles. The van der Waals surface area contributed by atoms with Gasteiger partial charge in [-0.2, -0.15) is 5.10 Å². The summed E-state index contributed by atoms with van der Waals surface area (Å²) in [6.45, 7) is 5.61. The fourth-order valence-corrected chi connectivity index (χ4v) is 1.91. The lowest BCUT2D eigenvalue weighted by Crippen LogP contribution is -2.22. The summed E-state index contributed by atoms with van der Waals surface area (Å²) in [6, 6.07) is 5.98. The number of hydrogen-bond donors (Lipinski definition) is 1. The van der Waals surface area contributed by atoms with E-state index in [1.54, 1.807) is 6.07 Å². The summed E-state index contributed by atoms with van der Waals surface area (Å²) in [5, 5.41) is 24.7. The Bertz CT molecular complexity index is 713. The van der Waals surface area contributed by atoms with E-state index in [9.17, 15) is 20.0 Å². The number of aromatic nitrogens is 2. The van der Waals surface area contributed by atoms with E-state index in [-0.39, 0.29) is 22.5 Å². The zero-order valence-corrected chi connectivity index (χ0v) is 11.9. The van der Waals surface area contributed by atoms with Gasteiger partial charge in [-0.1, -0.05) is 12.1 Å². The van der Waals surface area contributed by atoms with Crippen molar-refractivity contribution in [2.24, 2.45) is 0 Å². The van der Waals surface area contributed by atoms with Crippen molar-refractivity contribution in [1.29, 1.82) is 0 Å². The number of carbonyl (C=O) groups is 1. The Labute approximate surface area is 121 Å². The molecular formula is C14H15N3O4. The molecule has 0 aliphatic heterocycles. The SMILES string of the molecule is CC(C)(C)n1cc(C(=O)O)c(-c2ccccc2[N+](=O)[O-])n1. The monoisotopic (exact) mass is 289 g/mol. The standard InChI is InChI=1S/C14H15N3O4/c1-14(2,3)16-8-10(13(18)19)12(15-16)9-6-4-5-7-11(9)17(20)21/h4-8H,1-3H3,(H,18,19). The molecule has 0 aliphatic rings. The smallest absolute Gasteiger partial charge is 0.339 e. The average Bonchev–Trinajstić information content (AvgIpc) is 2.83. The quantitative estimate of drug-likeness (QED) is 0.692. The highest BCUT2D eigenvalue weighted by Crippen LogP contribution is 2.32. The lowest BCUT2D eigenvalue weighted by atomic mass is 10.1. The lowest BCUT2D eigenvalue weighted by molar-refractivity contribution is -0.384. The highest BCUT2D eigenvalue weighted by Gasteiger charge is 2.26. The largest absolute Gasteiger partial charge is 0.478 e. The Morgan fingerprint density at radius 2 is 1.95 bits per heavy atom. The number of para-hydroxylation sites is 1. The van der Waals surface area contributed by atoms with Crippen molar-refractivity contribution >= 4 is 11.7 Å². The van der Waals surface area contributed by atoms with Crippen LogP contribution in [0.2, 0.25) is 0 Å². The van der Waals surface area contributed by atoms with Crippen molar-refractivity contribution in [2.75, 3.05) is 0 Å². The minimum Gasteiger partial charge on any atom is -0.478 e. The van der Waals surface area contributed by atoms with E-state index in [1.807, 2.05) is 20.8 Å². The summed E-state index contributed by atoms with van der Waals surface area (Å²) in [6.07, 6.45) is 1.40. The molecule has 0 spiro atoms. The number of nitro benzene ring substituents is 1. The second kappa shape index (κ2) is 5.01. The third-order valence-electron chi connectivity index (χ3n) is 2.99. The van der Waals surface area contributed by atoms with Gasteiger partial charge in [-0.25, -0.2) is 4.79 Å². The molecule has 2 aromatic rings. The summed E-state index contributed by atoms with van der Waals surface area (Å²) in [4.78, 5) is 22.0. The molecule has 0 aliphatic carbocycles. The van der Waals surface area contributed by atoms with E-state index < -0.39 is 16.4 Å². The highest BCUT2D eigenvalue weighted by molar-refractivity contribution is 5.96. The van der Waals surface area contributed by atoms with Gasteiger partial charge in [0.05, 0.1) is 16.0 Å². The number of benzene rings is 1. The Kier molecular flexibility index (Phi) is 3.51. The van der Waals surface area contributed by atoms with Crippen molar-refractivity contribution < 1.29 is 14.8 Å². The van der Waals surface area contributed by atoms with Gasteiger partial charge >= 0.3 is 5.97 Å². The first-order valence-electron chi connectivity index (χ1n) is 6.29. The highest BCUT2D eigenvalue weighted by atomic mass is 16.6. The van der Waals surface area contributed by atoms with Crippen LogP contribution in [0.25, 0.3) is 11.3 Å². The number of hydrogen-bond acceptors (Lipinski definition) is 4. The summed E-state index contributed by atoms with van der Waals surface area (Å²) >= 11 is 0. The van der Waals surface area contributed by atoms with Gasteiger partial charge < -0.3 is 5.11 Å². The first-order valence-corrected chi connectivity index (χ1v) is 6.29. The average molecular weight is 289 g/mol. The maximum absolute atomic E-state index is 11.4. The summed E-state index contributed by atoms with van der Waals surface area (Å²) in [5.41, 5.74) is -0.350. The minimum absolute atomic E-state index is 0.0563. The van der Waals surface area contributed by atoms with E-state index >= 15 is 0 Å². The van der Waals surface area contributed by atoms with Crippen LogP contribution in [-0.4, -0.2) is 25.8 Å². The van der Waals surface area contributed by atoms with Gasteiger partial charge in [0, 0.05) is 12.3 Å².